The zero-order valence-electron chi connectivity index (χ0n) is 14.5. The molecule has 138 valence electrons. The Bertz CT molecular complexity index is 805. The van der Waals surface area contributed by atoms with Crippen LogP contribution in [0, 0.1) is 6.92 Å². The molecular weight excluding hydrogens is 393 g/mol. The minimum atomic E-state index is -0.0790. The van der Waals surface area contributed by atoms with Gasteiger partial charge >= 0.3 is 0 Å². The van der Waals surface area contributed by atoms with Gasteiger partial charge in [0.15, 0.2) is 6.54 Å². The van der Waals surface area contributed by atoms with Crippen LogP contribution < -0.4 is 15.1 Å². The highest BCUT2D eigenvalue weighted by atomic mass is 35.5. The third-order valence-corrected chi connectivity index (χ3v) is 5.66. The fourth-order valence-corrected chi connectivity index (χ4v) is 3.79. The third-order valence-electron chi connectivity index (χ3n) is 4.62. The summed E-state index contributed by atoms with van der Waals surface area (Å²) in [4.78, 5) is 16.0. The standard InChI is InChI=1S/C19H20Cl3N3O/c1-13-4-2-3-5-18(13)25-8-6-24(7-9-25)12-19(26)23-17-11-15(21)14(20)10-16(17)22/h2-5,10-11H,6-9,12H2,1H3,(H,23,26)/p+1. The molecule has 3 rings (SSSR count). The van der Waals surface area contributed by atoms with Crippen molar-refractivity contribution in [1.82, 2.24) is 0 Å². The van der Waals surface area contributed by atoms with E-state index in [9.17, 15) is 4.79 Å². The summed E-state index contributed by atoms with van der Waals surface area (Å²) < 4.78 is 0. The first-order valence-electron chi connectivity index (χ1n) is 8.52. The average molecular weight is 414 g/mol. The van der Waals surface area contributed by atoms with E-state index in [0.29, 0.717) is 27.3 Å². The summed E-state index contributed by atoms with van der Waals surface area (Å²) in [5, 5.41) is 3.95. The number of para-hydroxylation sites is 1. The molecule has 7 heteroatoms. The van der Waals surface area contributed by atoms with Crippen molar-refractivity contribution in [2.45, 2.75) is 6.92 Å². The van der Waals surface area contributed by atoms with Crippen molar-refractivity contribution in [2.75, 3.05) is 42.9 Å². The van der Waals surface area contributed by atoms with Crippen molar-refractivity contribution < 1.29 is 9.69 Å². The fraction of sp³-hybridized carbons (Fsp3) is 0.316. The first-order valence-corrected chi connectivity index (χ1v) is 9.66. The van der Waals surface area contributed by atoms with Gasteiger partial charge in [-0.05, 0) is 30.7 Å². The van der Waals surface area contributed by atoms with Gasteiger partial charge in [0.1, 0.15) is 0 Å². The number of anilines is 2. The SMILES string of the molecule is Cc1ccccc1N1CC[NH+](CC(=O)Nc2cc(Cl)c(Cl)cc2Cl)CC1. The van der Waals surface area contributed by atoms with E-state index in [1.54, 1.807) is 6.07 Å². The Hall–Kier alpha value is -1.46. The number of nitrogens with zero attached hydrogens (tertiary/aromatic N) is 1. The number of hydrogen-bond donors (Lipinski definition) is 2. The molecule has 1 amide bonds. The minimum absolute atomic E-state index is 0.0790. The molecule has 1 aliphatic rings. The largest absolute Gasteiger partial charge is 0.360 e. The average Bonchev–Trinajstić information content (AvgIpc) is 2.61. The molecule has 0 saturated carbocycles. The van der Waals surface area contributed by atoms with Crippen LogP contribution in [0.25, 0.3) is 0 Å². The van der Waals surface area contributed by atoms with E-state index < -0.39 is 0 Å². The van der Waals surface area contributed by atoms with E-state index >= 15 is 0 Å². The highest BCUT2D eigenvalue weighted by Crippen LogP contribution is 2.32. The van der Waals surface area contributed by atoms with Gasteiger partial charge in [-0.2, -0.15) is 0 Å². The lowest BCUT2D eigenvalue weighted by molar-refractivity contribution is -0.892. The number of piperazine rings is 1. The molecule has 2 aromatic carbocycles. The molecule has 2 N–H and O–H groups in total. The highest BCUT2D eigenvalue weighted by Gasteiger charge is 2.23. The Morgan fingerprint density at radius 3 is 2.42 bits per heavy atom. The lowest BCUT2D eigenvalue weighted by Crippen LogP contribution is -3.15. The number of halogens is 3. The number of rotatable bonds is 4. The van der Waals surface area contributed by atoms with Gasteiger partial charge in [-0.25, -0.2) is 0 Å². The van der Waals surface area contributed by atoms with Crippen molar-refractivity contribution in [3.63, 3.8) is 0 Å². The molecule has 0 atom stereocenters. The van der Waals surface area contributed by atoms with E-state index in [2.05, 4.69) is 41.4 Å². The zero-order chi connectivity index (χ0) is 18.7. The Morgan fingerprint density at radius 2 is 1.73 bits per heavy atom. The molecule has 1 saturated heterocycles. The van der Waals surface area contributed by atoms with E-state index in [1.165, 1.54) is 22.2 Å². The molecular formula is C19H21Cl3N3O+. The topological polar surface area (TPSA) is 36.8 Å². The summed E-state index contributed by atoms with van der Waals surface area (Å²) in [6.07, 6.45) is 0. The molecule has 1 heterocycles. The Morgan fingerprint density at radius 1 is 1.08 bits per heavy atom. The number of quaternary nitrogens is 1. The molecule has 0 unspecified atom stereocenters. The van der Waals surface area contributed by atoms with Crippen molar-refractivity contribution in [2.24, 2.45) is 0 Å². The van der Waals surface area contributed by atoms with Gasteiger partial charge in [-0.15, -0.1) is 0 Å². The Kier molecular flexibility index (Phi) is 6.30. The van der Waals surface area contributed by atoms with E-state index in [-0.39, 0.29) is 5.91 Å². The van der Waals surface area contributed by atoms with Crippen LogP contribution in [0.5, 0.6) is 0 Å². The van der Waals surface area contributed by atoms with E-state index in [0.717, 1.165) is 26.2 Å². The van der Waals surface area contributed by atoms with Crippen LogP contribution in [0.2, 0.25) is 15.1 Å². The maximum atomic E-state index is 12.4. The second-order valence-electron chi connectivity index (χ2n) is 6.49. The van der Waals surface area contributed by atoms with Gasteiger partial charge in [0.2, 0.25) is 0 Å². The van der Waals surface area contributed by atoms with Gasteiger partial charge in [0.25, 0.3) is 5.91 Å². The van der Waals surface area contributed by atoms with Gasteiger partial charge in [-0.3, -0.25) is 4.79 Å². The molecule has 0 radical (unpaired) electrons. The second-order valence-corrected chi connectivity index (χ2v) is 7.72. The number of carbonyl (C=O) groups is 1. The first kappa shape index (κ1) is 19.3. The number of nitrogens with one attached hydrogen (secondary N) is 2. The van der Waals surface area contributed by atoms with Crippen molar-refractivity contribution in [3.8, 4) is 0 Å². The molecule has 2 aromatic rings. The highest BCUT2D eigenvalue weighted by molar-refractivity contribution is 6.44. The molecule has 0 aromatic heterocycles. The van der Waals surface area contributed by atoms with Crippen LogP contribution in [0.1, 0.15) is 5.56 Å². The summed E-state index contributed by atoms with van der Waals surface area (Å²) in [7, 11) is 0. The van der Waals surface area contributed by atoms with Crippen LogP contribution in [-0.4, -0.2) is 38.6 Å². The lowest BCUT2D eigenvalue weighted by atomic mass is 10.1. The molecule has 4 nitrogen and oxygen atoms in total. The second kappa shape index (κ2) is 8.49. The lowest BCUT2D eigenvalue weighted by Gasteiger charge is -2.34. The number of aryl methyl sites for hydroxylation is 1. The summed E-state index contributed by atoms with van der Waals surface area (Å²) >= 11 is 18.0. The molecule has 0 spiro atoms. The number of amides is 1. The fourth-order valence-electron chi connectivity index (χ4n) is 3.20. The molecule has 1 aliphatic heterocycles. The molecule has 1 fully saturated rings. The predicted molar refractivity (Wildman–Crippen MR) is 109 cm³/mol. The monoisotopic (exact) mass is 412 g/mol. The number of benzene rings is 2. The predicted octanol–water partition coefficient (Wildman–Crippen LogP) is 3.30. The van der Waals surface area contributed by atoms with Gasteiger partial charge in [-0.1, -0.05) is 53.0 Å². The minimum Gasteiger partial charge on any atom is -0.360 e. The van der Waals surface area contributed by atoms with Crippen molar-refractivity contribution in [1.29, 1.82) is 0 Å². The van der Waals surface area contributed by atoms with Crippen LogP contribution in [0.3, 0.4) is 0 Å². The van der Waals surface area contributed by atoms with Gasteiger partial charge in [0, 0.05) is 5.69 Å². The maximum absolute atomic E-state index is 12.4. The maximum Gasteiger partial charge on any atom is 0.279 e. The van der Waals surface area contributed by atoms with Crippen molar-refractivity contribution >= 4 is 52.1 Å². The van der Waals surface area contributed by atoms with Crippen LogP contribution in [0.15, 0.2) is 36.4 Å². The molecule has 26 heavy (non-hydrogen) atoms. The zero-order valence-corrected chi connectivity index (χ0v) is 16.8. The molecule has 0 aliphatic carbocycles. The Balaban J connectivity index is 1.54. The third kappa shape index (κ3) is 4.63. The van der Waals surface area contributed by atoms with Crippen molar-refractivity contribution in [3.05, 3.63) is 57.0 Å². The van der Waals surface area contributed by atoms with Crippen LogP contribution in [0.4, 0.5) is 11.4 Å². The first-order chi connectivity index (χ1) is 12.4. The summed E-state index contributed by atoms with van der Waals surface area (Å²) in [6.45, 7) is 6.22. The van der Waals surface area contributed by atoms with E-state index in [1.807, 2.05) is 0 Å². The van der Waals surface area contributed by atoms with Gasteiger partial charge < -0.3 is 15.1 Å². The smallest absolute Gasteiger partial charge is 0.279 e. The number of hydrogen-bond acceptors (Lipinski definition) is 2. The summed E-state index contributed by atoms with van der Waals surface area (Å²) in [5.74, 6) is -0.0790. The van der Waals surface area contributed by atoms with Crippen LogP contribution in [-0.2, 0) is 4.79 Å². The quantitative estimate of drug-likeness (QED) is 0.755. The summed E-state index contributed by atoms with van der Waals surface area (Å²) in [5.41, 5.74) is 3.05. The number of carbonyl (C=O) groups excluding carboxylic acids is 1. The summed E-state index contributed by atoms with van der Waals surface area (Å²) in [6, 6.07) is 11.5. The van der Waals surface area contributed by atoms with Crippen LogP contribution >= 0.6 is 34.8 Å². The van der Waals surface area contributed by atoms with E-state index in [4.69, 9.17) is 34.8 Å². The molecule has 0 bridgehead atoms. The normalized spacial score (nSPS) is 15.2. The van der Waals surface area contributed by atoms with Gasteiger partial charge in [0.05, 0.1) is 46.9 Å². The Labute approximate surface area is 168 Å².